The van der Waals surface area contributed by atoms with Crippen molar-refractivity contribution < 1.29 is 9.90 Å². The van der Waals surface area contributed by atoms with Gasteiger partial charge in [0.25, 0.3) is 0 Å². The number of hydrogen-bond acceptors (Lipinski definition) is 4. The van der Waals surface area contributed by atoms with Gasteiger partial charge in [-0.15, -0.1) is 0 Å². The van der Waals surface area contributed by atoms with Gasteiger partial charge >= 0.3 is 5.97 Å². The molecule has 7 heteroatoms. The molecule has 2 heterocycles. The Morgan fingerprint density at radius 2 is 2.04 bits per heavy atom. The molecule has 0 saturated carbocycles. The Labute approximate surface area is 144 Å². The van der Waals surface area contributed by atoms with Gasteiger partial charge in [0, 0.05) is 19.3 Å². The second kappa shape index (κ2) is 6.72. The van der Waals surface area contributed by atoms with E-state index in [0.29, 0.717) is 29.7 Å². The van der Waals surface area contributed by atoms with Crippen molar-refractivity contribution >= 4 is 5.97 Å². The van der Waals surface area contributed by atoms with Gasteiger partial charge in [0.05, 0.1) is 18.0 Å². The van der Waals surface area contributed by atoms with Crippen molar-refractivity contribution in [1.29, 1.82) is 0 Å². The fraction of sp³-hybridized carbons (Fsp3) is 0.222. The molecule has 0 unspecified atom stereocenters. The van der Waals surface area contributed by atoms with E-state index in [1.54, 1.807) is 40.8 Å². The van der Waals surface area contributed by atoms with Crippen LogP contribution >= 0.6 is 0 Å². The number of carboxylic acid groups (broad SMARTS) is 1. The molecular weight excluding hydrogens is 320 g/mol. The zero-order chi connectivity index (χ0) is 18.0. The molecule has 3 aromatic rings. The summed E-state index contributed by atoms with van der Waals surface area (Å²) in [5.74, 6) is -0.937. The Morgan fingerprint density at radius 3 is 2.68 bits per heavy atom. The van der Waals surface area contributed by atoms with Crippen LogP contribution in [0.3, 0.4) is 0 Å². The molecule has 2 aromatic heterocycles. The average molecular weight is 338 g/mol. The van der Waals surface area contributed by atoms with E-state index in [2.05, 4.69) is 10.2 Å². The first kappa shape index (κ1) is 16.6. The van der Waals surface area contributed by atoms with E-state index >= 15 is 0 Å². The Hall–Kier alpha value is -3.22. The Morgan fingerprint density at radius 1 is 1.24 bits per heavy atom. The highest BCUT2D eigenvalue weighted by molar-refractivity contribution is 5.89. The molecule has 0 aliphatic rings. The summed E-state index contributed by atoms with van der Waals surface area (Å²) in [7, 11) is 1.82. The number of aryl methyl sites for hydroxylation is 4. The average Bonchev–Trinajstić information content (AvgIpc) is 3.00. The molecule has 0 saturated heterocycles. The standard InChI is InChI=1S/C18H18N4O3/c1-12-9-13(3-5-15(12)18(24)25)4-6-16-17(23)7-8-22(20-16)14-10-19-21(2)11-14/h3,5,7-11H,4,6H2,1-2H3,(H,24,25). The van der Waals surface area contributed by atoms with Gasteiger partial charge < -0.3 is 5.11 Å². The van der Waals surface area contributed by atoms with Crippen LogP contribution in [-0.2, 0) is 19.9 Å². The van der Waals surface area contributed by atoms with Gasteiger partial charge in [0.2, 0.25) is 5.43 Å². The molecule has 0 amide bonds. The third-order valence-corrected chi connectivity index (χ3v) is 4.01. The first-order chi connectivity index (χ1) is 11.9. The number of rotatable bonds is 5. The van der Waals surface area contributed by atoms with Crippen LogP contribution in [0.15, 0.2) is 47.7 Å². The summed E-state index contributed by atoms with van der Waals surface area (Å²) < 4.78 is 3.30. The smallest absolute Gasteiger partial charge is 0.335 e. The molecular formula is C18H18N4O3. The number of nitrogens with zero attached hydrogens (tertiary/aromatic N) is 4. The minimum atomic E-state index is -0.937. The number of aromatic carboxylic acids is 1. The molecule has 1 N–H and O–H groups in total. The molecule has 0 fully saturated rings. The summed E-state index contributed by atoms with van der Waals surface area (Å²) in [6.07, 6.45) is 6.20. The van der Waals surface area contributed by atoms with Gasteiger partial charge in [-0.2, -0.15) is 10.2 Å². The molecule has 0 aliphatic carbocycles. The number of carbonyl (C=O) groups is 1. The molecule has 3 rings (SSSR count). The highest BCUT2D eigenvalue weighted by Crippen LogP contribution is 2.13. The topological polar surface area (TPSA) is 90.0 Å². The van der Waals surface area contributed by atoms with Crippen molar-refractivity contribution in [1.82, 2.24) is 19.6 Å². The monoisotopic (exact) mass is 338 g/mol. The molecule has 0 spiro atoms. The van der Waals surface area contributed by atoms with Crippen LogP contribution in [0, 0.1) is 6.92 Å². The largest absolute Gasteiger partial charge is 0.478 e. The summed E-state index contributed by atoms with van der Waals surface area (Å²) in [6, 6.07) is 6.71. The molecule has 1 aromatic carbocycles. The van der Waals surface area contributed by atoms with Crippen LogP contribution in [0.2, 0.25) is 0 Å². The summed E-state index contributed by atoms with van der Waals surface area (Å²) >= 11 is 0. The molecule has 7 nitrogen and oxygen atoms in total. The van der Waals surface area contributed by atoms with Gasteiger partial charge in [-0.25, -0.2) is 9.48 Å². The van der Waals surface area contributed by atoms with Gasteiger partial charge in [-0.1, -0.05) is 12.1 Å². The summed E-state index contributed by atoms with van der Waals surface area (Å²) in [4.78, 5) is 23.1. The minimum absolute atomic E-state index is 0.112. The predicted molar refractivity (Wildman–Crippen MR) is 92.1 cm³/mol. The van der Waals surface area contributed by atoms with Crippen LogP contribution in [0.1, 0.15) is 27.2 Å². The van der Waals surface area contributed by atoms with E-state index in [9.17, 15) is 9.59 Å². The van der Waals surface area contributed by atoms with Crippen molar-refractivity contribution in [3.8, 4) is 5.69 Å². The lowest BCUT2D eigenvalue weighted by Crippen LogP contribution is -2.16. The van der Waals surface area contributed by atoms with E-state index in [1.165, 1.54) is 6.07 Å². The van der Waals surface area contributed by atoms with E-state index in [-0.39, 0.29) is 5.43 Å². The first-order valence-electron chi connectivity index (χ1n) is 7.85. The summed E-state index contributed by atoms with van der Waals surface area (Å²) in [5.41, 5.74) is 3.11. The van der Waals surface area contributed by atoms with Crippen molar-refractivity contribution in [2.24, 2.45) is 7.05 Å². The number of aromatic nitrogens is 4. The van der Waals surface area contributed by atoms with Crippen molar-refractivity contribution in [2.45, 2.75) is 19.8 Å². The highest BCUT2D eigenvalue weighted by atomic mass is 16.4. The van der Waals surface area contributed by atoms with Gasteiger partial charge in [0.1, 0.15) is 11.4 Å². The maximum absolute atomic E-state index is 12.1. The summed E-state index contributed by atoms with van der Waals surface area (Å²) in [5, 5.41) is 17.6. The third kappa shape index (κ3) is 3.65. The maximum Gasteiger partial charge on any atom is 0.335 e. The molecule has 0 radical (unpaired) electrons. The molecule has 0 bridgehead atoms. The lowest BCUT2D eigenvalue weighted by molar-refractivity contribution is 0.0696. The van der Waals surface area contributed by atoms with Gasteiger partial charge in [-0.3, -0.25) is 9.48 Å². The Kier molecular flexibility index (Phi) is 4.47. The quantitative estimate of drug-likeness (QED) is 0.765. The van der Waals surface area contributed by atoms with Gasteiger partial charge in [-0.05, 0) is 37.0 Å². The van der Waals surface area contributed by atoms with E-state index in [0.717, 1.165) is 11.3 Å². The third-order valence-electron chi connectivity index (χ3n) is 4.01. The van der Waals surface area contributed by atoms with Crippen LogP contribution in [0.5, 0.6) is 0 Å². The predicted octanol–water partition coefficient (Wildman–Crippen LogP) is 1.76. The number of carboxylic acids is 1. The lowest BCUT2D eigenvalue weighted by atomic mass is 10.0. The second-order valence-electron chi connectivity index (χ2n) is 5.90. The van der Waals surface area contributed by atoms with Crippen molar-refractivity contribution in [2.75, 3.05) is 0 Å². The van der Waals surface area contributed by atoms with Crippen LogP contribution in [0.25, 0.3) is 5.69 Å². The summed E-state index contributed by atoms with van der Waals surface area (Å²) in [6.45, 7) is 1.77. The maximum atomic E-state index is 12.1. The molecule has 0 aliphatic heterocycles. The molecule has 0 atom stereocenters. The Balaban J connectivity index is 1.80. The first-order valence-corrected chi connectivity index (χ1v) is 7.85. The van der Waals surface area contributed by atoms with E-state index in [4.69, 9.17) is 5.11 Å². The van der Waals surface area contributed by atoms with Crippen molar-refractivity contribution in [3.05, 3.63) is 75.5 Å². The molecule has 128 valence electrons. The number of benzene rings is 1. The highest BCUT2D eigenvalue weighted by Gasteiger charge is 2.09. The van der Waals surface area contributed by atoms with Gasteiger partial charge in [0.15, 0.2) is 0 Å². The second-order valence-corrected chi connectivity index (χ2v) is 5.90. The number of hydrogen-bond donors (Lipinski definition) is 1. The fourth-order valence-corrected chi connectivity index (χ4v) is 2.67. The zero-order valence-corrected chi connectivity index (χ0v) is 14.0. The van der Waals surface area contributed by atoms with Crippen LogP contribution < -0.4 is 5.43 Å². The van der Waals surface area contributed by atoms with Crippen LogP contribution in [-0.4, -0.2) is 30.6 Å². The minimum Gasteiger partial charge on any atom is -0.478 e. The Bertz CT molecular complexity index is 988. The van der Waals surface area contributed by atoms with E-state index in [1.807, 2.05) is 19.3 Å². The zero-order valence-electron chi connectivity index (χ0n) is 14.0. The lowest BCUT2D eigenvalue weighted by Gasteiger charge is -2.07. The van der Waals surface area contributed by atoms with Crippen LogP contribution in [0.4, 0.5) is 0 Å². The van der Waals surface area contributed by atoms with E-state index < -0.39 is 5.97 Å². The fourth-order valence-electron chi connectivity index (χ4n) is 2.67. The SMILES string of the molecule is Cc1cc(CCc2nn(-c3cnn(C)c3)ccc2=O)ccc1C(=O)O. The normalized spacial score (nSPS) is 10.8. The van der Waals surface area contributed by atoms with Crippen molar-refractivity contribution in [3.63, 3.8) is 0 Å². The molecule has 25 heavy (non-hydrogen) atoms.